The van der Waals surface area contributed by atoms with Crippen LogP contribution in [0.4, 0.5) is 5.69 Å². The molecule has 2 N–H and O–H groups in total. The van der Waals surface area contributed by atoms with Gasteiger partial charge < -0.3 is 19.9 Å². The first-order valence-electron chi connectivity index (χ1n) is 11.8. The molecule has 2 aromatic carbocycles. The van der Waals surface area contributed by atoms with Gasteiger partial charge in [-0.15, -0.1) is 0 Å². The van der Waals surface area contributed by atoms with Crippen molar-refractivity contribution in [1.29, 1.82) is 0 Å². The van der Waals surface area contributed by atoms with E-state index in [1.807, 2.05) is 49.5 Å². The van der Waals surface area contributed by atoms with Crippen molar-refractivity contribution in [1.82, 2.24) is 25.1 Å². The Bertz CT molecular complexity index is 1350. The molecule has 8 heteroatoms. The van der Waals surface area contributed by atoms with Gasteiger partial charge in [-0.3, -0.25) is 4.79 Å². The number of benzene rings is 2. The number of nitrogens with one attached hydrogen (secondary N) is 2. The van der Waals surface area contributed by atoms with E-state index in [2.05, 4.69) is 33.3 Å². The lowest BCUT2D eigenvalue weighted by Crippen LogP contribution is -2.42. The van der Waals surface area contributed by atoms with E-state index < -0.39 is 0 Å². The van der Waals surface area contributed by atoms with Gasteiger partial charge in [0, 0.05) is 43.5 Å². The summed E-state index contributed by atoms with van der Waals surface area (Å²) in [4.78, 5) is 23.3. The molecule has 0 spiro atoms. The van der Waals surface area contributed by atoms with Gasteiger partial charge in [0.2, 0.25) is 0 Å². The molecule has 0 aliphatic carbocycles. The Hall–Kier alpha value is -3.65. The molecule has 0 saturated carbocycles. The quantitative estimate of drug-likeness (QED) is 0.459. The number of hydrogen-bond donors (Lipinski definition) is 2. The van der Waals surface area contributed by atoms with Gasteiger partial charge in [-0.2, -0.15) is 5.10 Å². The fourth-order valence-corrected chi connectivity index (χ4v) is 4.78. The first-order chi connectivity index (χ1) is 16.6. The number of fused-ring (bicyclic) bond motifs is 1. The van der Waals surface area contributed by atoms with Crippen LogP contribution < -0.4 is 20.5 Å². The predicted molar refractivity (Wildman–Crippen MR) is 135 cm³/mol. The molecule has 5 rings (SSSR count). The molecule has 4 aromatic rings. The number of ether oxygens (including phenoxy) is 1. The zero-order chi connectivity index (χ0) is 23.7. The number of anilines is 1. The molecular weight excluding hydrogens is 428 g/mol. The van der Waals surface area contributed by atoms with Crippen molar-refractivity contribution in [2.45, 2.75) is 25.8 Å². The molecule has 0 radical (unpaired) electrons. The van der Waals surface area contributed by atoms with E-state index in [-0.39, 0.29) is 5.56 Å². The normalized spacial score (nSPS) is 14.6. The molecule has 2 aromatic heterocycles. The van der Waals surface area contributed by atoms with Crippen molar-refractivity contribution in [2.75, 3.05) is 31.6 Å². The summed E-state index contributed by atoms with van der Waals surface area (Å²) in [5.41, 5.74) is 3.69. The Balaban J connectivity index is 1.50. The van der Waals surface area contributed by atoms with Gasteiger partial charge in [0.05, 0.1) is 12.7 Å². The highest BCUT2D eigenvalue weighted by molar-refractivity contribution is 5.91. The fraction of sp³-hybridized carbons (Fsp3) is 0.346. The van der Waals surface area contributed by atoms with Crippen LogP contribution in [0.5, 0.6) is 5.75 Å². The molecular formula is C26H30N6O2. The summed E-state index contributed by atoms with van der Waals surface area (Å²) in [5.74, 6) is 1.15. The summed E-state index contributed by atoms with van der Waals surface area (Å²) in [6.07, 6.45) is 2.24. The molecule has 0 atom stereocenters. The second-order valence-corrected chi connectivity index (χ2v) is 8.65. The maximum atomic E-state index is 13.2. The number of H-pyrrole nitrogens is 1. The molecule has 0 amide bonds. The first-order valence-corrected chi connectivity index (χ1v) is 11.8. The van der Waals surface area contributed by atoms with Crippen molar-refractivity contribution >= 4 is 16.7 Å². The van der Waals surface area contributed by atoms with Crippen molar-refractivity contribution in [2.24, 2.45) is 7.05 Å². The SMILES string of the molecule is CCNC1CCN(c2ccc(-c3nc4c(c(-c5ccccc5)nn4C)c(=O)[nH]3)c(OC)c2)CC1. The molecule has 8 nitrogen and oxygen atoms in total. The van der Waals surface area contributed by atoms with E-state index in [1.54, 1.807) is 11.8 Å². The topological polar surface area (TPSA) is 88.1 Å². The number of nitrogens with zero attached hydrogens (tertiary/aromatic N) is 4. The Morgan fingerprint density at radius 2 is 1.91 bits per heavy atom. The highest BCUT2D eigenvalue weighted by atomic mass is 16.5. The molecule has 176 valence electrons. The van der Waals surface area contributed by atoms with E-state index in [0.29, 0.717) is 34.3 Å². The molecule has 1 aliphatic rings. The Labute approximate surface area is 198 Å². The highest BCUT2D eigenvalue weighted by Crippen LogP contribution is 2.33. The number of piperidine rings is 1. The van der Waals surface area contributed by atoms with Crippen LogP contribution in [0.25, 0.3) is 33.7 Å². The maximum Gasteiger partial charge on any atom is 0.262 e. The minimum absolute atomic E-state index is 0.219. The number of hydrogen-bond acceptors (Lipinski definition) is 6. The summed E-state index contributed by atoms with van der Waals surface area (Å²) in [7, 11) is 3.45. The highest BCUT2D eigenvalue weighted by Gasteiger charge is 2.21. The third-order valence-electron chi connectivity index (χ3n) is 6.53. The largest absolute Gasteiger partial charge is 0.496 e. The van der Waals surface area contributed by atoms with Crippen molar-refractivity contribution in [3.05, 3.63) is 58.9 Å². The minimum atomic E-state index is -0.219. The Morgan fingerprint density at radius 3 is 2.62 bits per heavy atom. The maximum absolute atomic E-state index is 13.2. The zero-order valence-corrected chi connectivity index (χ0v) is 19.8. The lowest BCUT2D eigenvalue weighted by atomic mass is 10.0. The van der Waals surface area contributed by atoms with E-state index in [9.17, 15) is 4.79 Å². The van der Waals surface area contributed by atoms with Crippen LogP contribution in [-0.4, -0.2) is 52.5 Å². The molecule has 1 aliphatic heterocycles. The summed E-state index contributed by atoms with van der Waals surface area (Å²) in [6.45, 7) is 5.16. The van der Waals surface area contributed by atoms with E-state index in [0.717, 1.165) is 49.3 Å². The second kappa shape index (κ2) is 9.30. The van der Waals surface area contributed by atoms with Gasteiger partial charge in [-0.25, -0.2) is 9.67 Å². The zero-order valence-electron chi connectivity index (χ0n) is 19.8. The summed E-state index contributed by atoms with van der Waals surface area (Å²) >= 11 is 0. The smallest absolute Gasteiger partial charge is 0.262 e. The molecule has 0 bridgehead atoms. The van der Waals surface area contributed by atoms with Gasteiger partial charge in [0.15, 0.2) is 5.65 Å². The van der Waals surface area contributed by atoms with Crippen molar-refractivity contribution < 1.29 is 4.74 Å². The van der Waals surface area contributed by atoms with Gasteiger partial charge in [0.25, 0.3) is 5.56 Å². The molecule has 3 heterocycles. The number of aryl methyl sites for hydroxylation is 1. The van der Waals surface area contributed by atoms with E-state index in [4.69, 9.17) is 9.72 Å². The van der Waals surface area contributed by atoms with Crippen LogP contribution in [0.2, 0.25) is 0 Å². The standard InChI is InChI=1S/C26H30N6O2/c1-4-27-18-12-14-32(15-13-18)19-10-11-20(21(16-19)34-3)24-28-25-22(26(33)29-24)23(30-31(25)2)17-8-6-5-7-9-17/h5-11,16,18,27H,4,12-15H2,1-3H3,(H,28,29,33). The van der Waals surface area contributed by atoms with Crippen LogP contribution in [-0.2, 0) is 7.05 Å². The van der Waals surface area contributed by atoms with Crippen LogP contribution in [0.15, 0.2) is 53.3 Å². The monoisotopic (exact) mass is 458 g/mol. The molecule has 1 fully saturated rings. The van der Waals surface area contributed by atoms with Gasteiger partial charge in [0.1, 0.15) is 22.7 Å². The van der Waals surface area contributed by atoms with Crippen LogP contribution in [0.1, 0.15) is 19.8 Å². The number of aromatic nitrogens is 4. The van der Waals surface area contributed by atoms with Crippen LogP contribution in [0, 0.1) is 0 Å². The van der Waals surface area contributed by atoms with Crippen molar-refractivity contribution in [3.8, 4) is 28.4 Å². The average Bonchev–Trinajstić information content (AvgIpc) is 3.21. The van der Waals surface area contributed by atoms with Crippen LogP contribution >= 0.6 is 0 Å². The molecule has 34 heavy (non-hydrogen) atoms. The summed E-state index contributed by atoms with van der Waals surface area (Å²) in [6, 6.07) is 16.4. The summed E-state index contributed by atoms with van der Waals surface area (Å²) < 4.78 is 7.38. The lowest BCUT2D eigenvalue weighted by molar-refractivity contribution is 0.413. The third kappa shape index (κ3) is 4.05. The lowest BCUT2D eigenvalue weighted by Gasteiger charge is -2.34. The van der Waals surface area contributed by atoms with Gasteiger partial charge in [-0.05, 0) is 31.5 Å². The Kier molecular flexibility index (Phi) is 6.06. The van der Waals surface area contributed by atoms with Crippen molar-refractivity contribution in [3.63, 3.8) is 0 Å². The molecule has 1 saturated heterocycles. The Morgan fingerprint density at radius 1 is 1.15 bits per heavy atom. The number of rotatable bonds is 6. The van der Waals surface area contributed by atoms with Gasteiger partial charge in [-0.1, -0.05) is 37.3 Å². The third-order valence-corrected chi connectivity index (χ3v) is 6.53. The number of aromatic amines is 1. The summed E-state index contributed by atoms with van der Waals surface area (Å²) in [5, 5.41) is 8.61. The minimum Gasteiger partial charge on any atom is -0.496 e. The van der Waals surface area contributed by atoms with Crippen LogP contribution in [0.3, 0.4) is 0 Å². The average molecular weight is 459 g/mol. The fourth-order valence-electron chi connectivity index (χ4n) is 4.78. The van der Waals surface area contributed by atoms with E-state index in [1.165, 1.54) is 0 Å². The van der Waals surface area contributed by atoms with Gasteiger partial charge >= 0.3 is 0 Å². The number of methoxy groups -OCH3 is 1. The molecule has 0 unspecified atom stereocenters. The van der Waals surface area contributed by atoms with E-state index >= 15 is 0 Å². The predicted octanol–water partition coefficient (Wildman–Crippen LogP) is 3.58. The first kappa shape index (κ1) is 22.2. The second-order valence-electron chi connectivity index (χ2n) is 8.65.